The van der Waals surface area contributed by atoms with Crippen LogP contribution >= 0.6 is 15.9 Å². The predicted octanol–water partition coefficient (Wildman–Crippen LogP) is 1.75. The van der Waals surface area contributed by atoms with Crippen LogP contribution < -0.4 is 5.32 Å². The van der Waals surface area contributed by atoms with E-state index < -0.39 is 0 Å². The number of carbonyl (C=O) groups excluding carboxylic acids is 1. The first kappa shape index (κ1) is 13.8. The van der Waals surface area contributed by atoms with Gasteiger partial charge in [-0.15, -0.1) is 0 Å². The Morgan fingerprint density at radius 1 is 1.37 bits per heavy atom. The molecule has 5 nitrogen and oxygen atoms in total. The minimum Gasteiger partial charge on any atom is -0.396 e. The second-order valence-electron chi connectivity index (χ2n) is 3.98. The normalized spacial score (nSPS) is 10.4. The number of hydrogen-bond donors (Lipinski definition) is 2. The summed E-state index contributed by atoms with van der Waals surface area (Å²) < 4.78 is 2.64. The minimum absolute atomic E-state index is 0.0679. The maximum atomic E-state index is 11.8. The monoisotopic (exact) mass is 323 g/mol. The van der Waals surface area contributed by atoms with Crippen LogP contribution in [-0.4, -0.2) is 33.9 Å². The van der Waals surface area contributed by atoms with Crippen LogP contribution in [0.5, 0.6) is 0 Å². The van der Waals surface area contributed by atoms with Crippen LogP contribution in [0.4, 0.5) is 0 Å². The summed E-state index contributed by atoms with van der Waals surface area (Å²) in [5.74, 6) is -0.184. The SMILES string of the molecule is O=C(NCCCO)c1cnn(-c2ccc(Br)cc2)c1. The Kier molecular flexibility index (Phi) is 4.70. The molecule has 0 bridgehead atoms. The van der Waals surface area contributed by atoms with Gasteiger partial charge in [-0.1, -0.05) is 15.9 Å². The molecule has 0 unspecified atom stereocenters. The van der Waals surface area contributed by atoms with E-state index in [9.17, 15) is 4.79 Å². The van der Waals surface area contributed by atoms with Crippen molar-refractivity contribution in [2.75, 3.05) is 13.2 Å². The minimum atomic E-state index is -0.184. The average Bonchev–Trinajstić information content (AvgIpc) is 2.89. The number of amides is 1. The van der Waals surface area contributed by atoms with E-state index in [1.807, 2.05) is 24.3 Å². The van der Waals surface area contributed by atoms with E-state index in [4.69, 9.17) is 5.11 Å². The summed E-state index contributed by atoms with van der Waals surface area (Å²) in [5, 5.41) is 15.5. The van der Waals surface area contributed by atoms with Gasteiger partial charge in [0, 0.05) is 23.8 Å². The zero-order valence-electron chi connectivity index (χ0n) is 10.2. The number of rotatable bonds is 5. The Bertz CT molecular complexity index is 551. The molecule has 0 saturated heterocycles. The summed E-state index contributed by atoms with van der Waals surface area (Å²) in [6.07, 6.45) is 3.75. The van der Waals surface area contributed by atoms with E-state index in [0.29, 0.717) is 18.5 Å². The van der Waals surface area contributed by atoms with Gasteiger partial charge in [-0.05, 0) is 30.7 Å². The number of aliphatic hydroxyl groups excluding tert-OH is 1. The van der Waals surface area contributed by atoms with Crippen LogP contribution in [0.15, 0.2) is 41.1 Å². The first-order valence-corrected chi connectivity index (χ1v) is 6.69. The van der Waals surface area contributed by atoms with E-state index in [1.54, 1.807) is 10.9 Å². The molecule has 1 heterocycles. The summed E-state index contributed by atoms with van der Waals surface area (Å²) in [5.41, 5.74) is 1.39. The lowest BCUT2D eigenvalue weighted by Gasteiger charge is -2.02. The van der Waals surface area contributed by atoms with E-state index in [0.717, 1.165) is 10.2 Å². The molecule has 0 radical (unpaired) electrons. The third kappa shape index (κ3) is 3.65. The van der Waals surface area contributed by atoms with Crippen molar-refractivity contribution in [3.05, 3.63) is 46.7 Å². The number of aromatic nitrogens is 2. The molecule has 0 aliphatic carbocycles. The number of aliphatic hydroxyl groups is 1. The van der Waals surface area contributed by atoms with Crippen LogP contribution in [0.25, 0.3) is 5.69 Å². The van der Waals surface area contributed by atoms with Gasteiger partial charge in [0.15, 0.2) is 0 Å². The van der Waals surface area contributed by atoms with E-state index >= 15 is 0 Å². The molecule has 19 heavy (non-hydrogen) atoms. The molecule has 2 aromatic rings. The zero-order valence-corrected chi connectivity index (χ0v) is 11.8. The van der Waals surface area contributed by atoms with Crippen LogP contribution in [-0.2, 0) is 0 Å². The van der Waals surface area contributed by atoms with Gasteiger partial charge in [0.25, 0.3) is 5.91 Å². The van der Waals surface area contributed by atoms with Gasteiger partial charge < -0.3 is 10.4 Å². The Balaban J connectivity index is 2.06. The van der Waals surface area contributed by atoms with E-state index in [2.05, 4.69) is 26.3 Å². The summed E-state index contributed by atoms with van der Waals surface area (Å²) >= 11 is 3.37. The van der Waals surface area contributed by atoms with Crippen molar-refractivity contribution >= 4 is 21.8 Å². The molecule has 0 saturated carbocycles. The lowest BCUT2D eigenvalue weighted by atomic mass is 10.3. The van der Waals surface area contributed by atoms with Crippen molar-refractivity contribution in [3.63, 3.8) is 0 Å². The largest absolute Gasteiger partial charge is 0.396 e. The fourth-order valence-electron chi connectivity index (χ4n) is 1.56. The number of hydrogen-bond acceptors (Lipinski definition) is 3. The number of nitrogens with zero attached hydrogens (tertiary/aromatic N) is 2. The maximum Gasteiger partial charge on any atom is 0.254 e. The third-order valence-corrected chi connectivity index (χ3v) is 3.09. The van der Waals surface area contributed by atoms with Crippen molar-refractivity contribution in [1.29, 1.82) is 0 Å². The molecular weight excluding hydrogens is 310 g/mol. The standard InChI is InChI=1S/C13H14BrN3O2/c14-11-2-4-12(5-3-11)17-9-10(8-16-17)13(19)15-6-1-7-18/h2-5,8-9,18H,1,6-7H2,(H,15,19). The third-order valence-electron chi connectivity index (χ3n) is 2.56. The molecule has 1 aromatic heterocycles. The molecule has 2 rings (SSSR count). The number of carbonyl (C=O) groups is 1. The first-order valence-electron chi connectivity index (χ1n) is 5.90. The Morgan fingerprint density at radius 2 is 2.11 bits per heavy atom. The molecular formula is C13H14BrN3O2. The molecule has 0 aliphatic heterocycles. The summed E-state index contributed by atoms with van der Waals surface area (Å²) in [4.78, 5) is 11.8. The highest BCUT2D eigenvalue weighted by molar-refractivity contribution is 9.10. The predicted molar refractivity (Wildman–Crippen MR) is 75.3 cm³/mol. The molecule has 1 aromatic carbocycles. The maximum absolute atomic E-state index is 11.8. The molecule has 0 spiro atoms. The highest BCUT2D eigenvalue weighted by Gasteiger charge is 2.08. The average molecular weight is 324 g/mol. The van der Waals surface area contributed by atoms with Crippen molar-refractivity contribution in [2.45, 2.75) is 6.42 Å². The molecule has 100 valence electrons. The van der Waals surface area contributed by atoms with Crippen molar-refractivity contribution < 1.29 is 9.90 Å². The molecule has 1 amide bonds. The molecule has 0 fully saturated rings. The molecule has 6 heteroatoms. The van der Waals surface area contributed by atoms with Gasteiger partial charge in [0.1, 0.15) is 0 Å². The quantitative estimate of drug-likeness (QED) is 0.824. The smallest absolute Gasteiger partial charge is 0.254 e. The van der Waals surface area contributed by atoms with Crippen LogP contribution in [0.2, 0.25) is 0 Å². The van der Waals surface area contributed by atoms with E-state index in [1.165, 1.54) is 6.20 Å². The molecule has 0 aliphatic rings. The Labute approximate surface area is 119 Å². The highest BCUT2D eigenvalue weighted by Crippen LogP contribution is 2.13. The van der Waals surface area contributed by atoms with Crippen LogP contribution in [0, 0.1) is 0 Å². The zero-order chi connectivity index (χ0) is 13.7. The van der Waals surface area contributed by atoms with Gasteiger partial charge in [-0.25, -0.2) is 4.68 Å². The first-order chi connectivity index (χ1) is 9.20. The molecule has 2 N–H and O–H groups in total. The fourth-order valence-corrected chi connectivity index (χ4v) is 1.82. The van der Waals surface area contributed by atoms with Crippen molar-refractivity contribution in [3.8, 4) is 5.69 Å². The summed E-state index contributed by atoms with van der Waals surface area (Å²) in [6.45, 7) is 0.525. The topological polar surface area (TPSA) is 67.2 Å². The highest BCUT2D eigenvalue weighted by atomic mass is 79.9. The van der Waals surface area contributed by atoms with Gasteiger partial charge in [-0.2, -0.15) is 5.10 Å². The van der Waals surface area contributed by atoms with Crippen LogP contribution in [0.3, 0.4) is 0 Å². The number of nitrogens with one attached hydrogen (secondary N) is 1. The van der Waals surface area contributed by atoms with Gasteiger partial charge in [-0.3, -0.25) is 4.79 Å². The van der Waals surface area contributed by atoms with Crippen LogP contribution in [0.1, 0.15) is 16.8 Å². The van der Waals surface area contributed by atoms with Gasteiger partial charge in [0.2, 0.25) is 0 Å². The van der Waals surface area contributed by atoms with E-state index in [-0.39, 0.29) is 12.5 Å². The number of benzene rings is 1. The van der Waals surface area contributed by atoms with Crippen molar-refractivity contribution in [1.82, 2.24) is 15.1 Å². The second kappa shape index (κ2) is 6.49. The Morgan fingerprint density at radius 3 is 2.79 bits per heavy atom. The summed E-state index contributed by atoms with van der Waals surface area (Å²) in [7, 11) is 0. The van der Waals surface area contributed by atoms with Gasteiger partial charge >= 0.3 is 0 Å². The number of halogens is 1. The molecule has 0 atom stereocenters. The lowest BCUT2D eigenvalue weighted by Crippen LogP contribution is -2.24. The fraction of sp³-hybridized carbons (Fsp3) is 0.231. The second-order valence-corrected chi connectivity index (χ2v) is 4.90. The lowest BCUT2D eigenvalue weighted by molar-refractivity contribution is 0.0951. The van der Waals surface area contributed by atoms with Gasteiger partial charge in [0.05, 0.1) is 17.4 Å². The van der Waals surface area contributed by atoms with Crippen molar-refractivity contribution in [2.24, 2.45) is 0 Å². The Hall–Kier alpha value is -1.66. The summed E-state index contributed by atoms with van der Waals surface area (Å²) in [6, 6.07) is 7.64.